The van der Waals surface area contributed by atoms with Gasteiger partial charge in [-0.15, -0.1) is 10.2 Å². The summed E-state index contributed by atoms with van der Waals surface area (Å²) in [6.45, 7) is 0.312. The molecule has 1 amide bonds. The maximum atomic E-state index is 14.8. The summed E-state index contributed by atoms with van der Waals surface area (Å²) in [7, 11) is 0. The minimum absolute atomic E-state index is 0.0877. The van der Waals surface area contributed by atoms with Gasteiger partial charge in [0.05, 0.1) is 28.6 Å². The summed E-state index contributed by atoms with van der Waals surface area (Å²) in [6, 6.07) is 3.22. The van der Waals surface area contributed by atoms with Crippen LogP contribution < -0.4 is 5.32 Å². The van der Waals surface area contributed by atoms with Crippen LogP contribution in [0.3, 0.4) is 0 Å². The third-order valence-electron chi connectivity index (χ3n) is 6.19. The van der Waals surface area contributed by atoms with Crippen LogP contribution in [0, 0.1) is 11.7 Å². The first-order chi connectivity index (χ1) is 17.0. The number of aryl methyl sites for hydroxylation is 1. The van der Waals surface area contributed by atoms with E-state index in [1.165, 1.54) is 29.4 Å². The summed E-state index contributed by atoms with van der Waals surface area (Å²) in [6.07, 6.45) is 11.7. The van der Waals surface area contributed by atoms with E-state index in [4.69, 9.17) is 4.98 Å². The van der Waals surface area contributed by atoms with Gasteiger partial charge in [-0.05, 0) is 69.2 Å². The van der Waals surface area contributed by atoms with Crippen LogP contribution in [0.2, 0.25) is 0 Å². The zero-order valence-electron chi connectivity index (χ0n) is 18.5. The highest BCUT2D eigenvalue weighted by molar-refractivity contribution is 9.10. The first kappa shape index (κ1) is 21.8. The smallest absolute Gasteiger partial charge is 0.273 e. The van der Waals surface area contributed by atoms with Crippen molar-refractivity contribution in [3.8, 4) is 5.69 Å². The molecule has 0 atom stereocenters. The van der Waals surface area contributed by atoms with Crippen molar-refractivity contribution in [1.29, 1.82) is 0 Å². The van der Waals surface area contributed by atoms with Gasteiger partial charge in [-0.1, -0.05) is 5.21 Å². The first-order valence-electron chi connectivity index (χ1n) is 11.2. The van der Waals surface area contributed by atoms with Crippen molar-refractivity contribution in [2.24, 2.45) is 5.92 Å². The SMILES string of the molecule is O=C(NCc1c(-n2cnnn2)ccc(Br)c1F)c1cn(Cc2cn3c(n2)CCC(C2CC2)=C3)nn1. The van der Waals surface area contributed by atoms with E-state index >= 15 is 0 Å². The molecule has 1 aromatic carbocycles. The summed E-state index contributed by atoms with van der Waals surface area (Å²) in [5, 5.41) is 21.7. The van der Waals surface area contributed by atoms with E-state index in [0.29, 0.717) is 12.2 Å². The number of hydrogen-bond acceptors (Lipinski definition) is 7. The molecular formula is C22H20BrFN10O. The molecule has 0 radical (unpaired) electrons. The van der Waals surface area contributed by atoms with Gasteiger partial charge in [0.1, 0.15) is 18.0 Å². The van der Waals surface area contributed by atoms with Crippen molar-refractivity contribution < 1.29 is 9.18 Å². The molecular weight excluding hydrogens is 519 g/mol. The first-order valence-corrected chi connectivity index (χ1v) is 12.0. The Balaban J connectivity index is 1.14. The van der Waals surface area contributed by atoms with Gasteiger partial charge >= 0.3 is 0 Å². The zero-order chi connectivity index (χ0) is 23.9. The third-order valence-corrected chi connectivity index (χ3v) is 6.80. The van der Waals surface area contributed by atoms with Crippen molar-refractivity contribution in [2.45, 2.75) is 38.8 Å². The lowest BCUT2D eigenvalue weighted by atomic mass is 10.0. The van der Waals surface area contributed by atoms with Gasteiger partial charge in [0.2, 0.25) is 0 Å². The second-order valence-electron chi connectivity index (χ2n) is 8.63. The number of benzene rings is 1. The lowest BCUT2D eigenvalue weighted by Crippen LogP contribution is -2.24. The summed E-state index contributed by atoms with van der Waals surface area (Å²) in [5.74, 6) is 0.806. The second kappa shape index (κ2) is 8.80. The Hall–Kier alpha value is -3.74. The van der Waals surface area contributed by atoms with Crippen molar-refractivity contribution >= 4 is 28.0 Å². The molecule has 0 saturated heterocycles. The maximum Gasteiger partial charge on any atom is 0.273 e. The molecule has 0 bridgehead atoms. The highest BCUT2D eigenvalue weighted by Crippen LogP contribution is 2.40. The summed E-state index contributed by atoms with van der Waals surface area (Å²) in [4.78, 5) is 17.4. The van der Waals surface area contributed by atoms with Gasteiger partial charge < -0.3 is 9.88 Å². The Morgan fingerprint density at radius 2 is 2.09 bits per heavy atom. The van der Waals surface area contributed by atoms with Crippen molar-refractivity contribution in [3.63, 3.8) is 0 Å². The molecule has 4 aromatic rings. The average molecular weight is 539 g/mol. The van der Waals surface area contributed by atoms with Gasteiger partial charge in [0.25, 0.3) is 5.91 Å². The fourth-order valence-electron chi connectivity index (χ4n) is 4.27. The summed E-state index contributed by atoms with van der Waals surface area (Å²) in [5.41, 5.74) is 3.14. The molecule has 1 N–H and O–H groups in total. The number of tetrazole rings is 1. The maximum absolute atomic E-state index is 14.8. The number of halogens is 2. The normalized spacial score (nSPS) is 15.1. The summed E-state index contributed by atoms with van der Waals surface area (Å²) < 4.78 is 20.1. The van der Waals surface area contributed by atoms with E-state index in [2.05, 4.69) is 57.9 Å². The van der Waals surface area contributed by atoms with Crippen LogP contribution in [0.15, 0.2) is 40.9 Å². The topological polar surface area (TPSA) is 121 Å². The van der Waals surface area contributed by atoms with Crippen LogP contribution in [-0.4, -0.2) is 50.7 Å². The predicted octanol–water partition coefficient (Wildman–Crippen LogP) is 2.53. The third kappa shape index (κ3) is 4.38. The van der Waals surface area contributed by atoms with Gasteiger partial charge in [0.15, 0.2) is 5.69 Å². The number of rotatable bonds is 7. The Morgan fingerprint density at radius 1 is 1.20 bits per heavy atom. The van der Waals surface area contributed by atoms with E-state index in [1.54, 1.807) is 23.0 Å². The van der Waals surface area contributed by atoms with E-state index < -0.39 is 11.7 Å². The second-order valence-corrected chi connectivity index (χ2v) is 9.49. The van der Waals surface area contributed by atoms with Crippen molar-refractivity contribution in [3.05, 3.63) is 69.5 Å². The highest BCUT2D eigenvalue weighted by atomic mass is 79.9. The Labute approximate surface area is 207 Å². The number of nitrogens with zero attached hydrogens (tertiary/aromatic N) is 9. The molecule has 1 aliphatic heterocycles. The van der Waals surface area contributed by atoms with E-state index in [9.17, 15) is 9.18 Å². The number of carbonyl (C=O) groups excluding carboxylic acids is 1. The van der Waals surface area contributed by atoms with Crippen LogP contribution in [0.1, 0.15) is 46.8 Å². The molecule has 1 fully saturated rings. The Bertz CT molecular complexity index is 1440. The Morgan fingerprint density at radius 3 is 2.89 bits per heavy atom. The zero-order valence-corrected chi connectivity index (χ0v) is 20.1. The van der Waals surface area contributed by atoms with Crippen LogP contribution in [0.25, 0.3) is 11.9 Å². The standard InChI is InChI=1S/C22H20BrFN10O/c23-17-4-5-19(34-12-26-29-31-34)16(21(17)24)7-25-22(35)18-11-33(30-28-18)10-15-9-32-8-14(13-1-2-13)3-6-20(32)27-15/h4-5,8-9,11-13H,1-3,6-7,10H2,(H,25,35). The van der Waals surface area contributed by atoms with Crippen molar-refractivity contribution in [2.75, 3.05) is 0 Å². The fraction of sp³-hybridized carbons (Fsp3) is 0.318. The van der Waals surface area contributed by atoms with E-state index in [0.717, 1.165) is 30.3 Å². The number of nitrogens with one attached hydrogen (secondary N) is 1. The molecule has 2 aliphatic rings. The molecule has 35 heavy (non-hydrogen) atoms. The number of hydrogen-bond donors (Lipinski definition) is 1. The number of aromatic nitrogens is 9. The quantitative estimate of drug-likeness (QED) is 0.383. The molecule has 6 rings (SSSR count). The number of amides is 1. The molecule has 4 heterocycles. The Kier molecular flexibility index (Phi) is 5.47. The minimum Gasteiger partial charge on any atom is -0.346 e. The number of carbonyl (C=O) groups is 1. The van der Waals surface area contributed by atoms with Gasteiger partial charge in [-0.3, -0.25) is 4.79 Å². The number of imidazole rings is 1. The molecule has 3 aromatic heterocycles. The molecule has 1 saturated carbocycles. The lowest BCUT2D eigenvalue weighted by Gasteiger charge is -2.13. The highest BCUT2D eigenvalue weighted by Gasteiger charge is 2.28. The van der Waals surface area contributed by atoms with E-state index in [1.807, 2.05) is 6.20 Å². The van der Waals surface area contributed by atoms with Crippen LogP contribution in [0.4, 0.5) is 4.39 Å². The molecule has 0 unspecified atom stereocenters. The molecule has 0 spiro atoms. The van der Waals surface area contributed by atoms with Crippen LogP contribution in [-0.2, 0) is 19.5 Å². The predicted molar refractivity (Wildman–Crippen MR) is 125 cm³/mol. The van der Waals surface area contributed by atoms with Crippen LogP contribution in [0.5, 0.6) is 0 Å². The van der Waals surface area contributed by atoms with Gasteiger partial charge in [-0.25, -0.2) is 18.7 Å². The van der Waals surface area contributed by atoms with Gasteiger partial charge in [-0.2, -0.15) is 0 Å². The molecule has 1 aliphatic carbocycles. The fourth-order valence-corrected chi connectivity index (χ4v) is 4.64. The molecule has 13 heteroatoms. The lowest BCUT2D eigenvalue weighted by molar-refractivity contribution is 0.0945. The molecule has 11 nitrogen and oxygen atoms in total. The van der Waals surface area contributed by atoms with Gasteiger partial charge in [0, 0.05) is 30.9 Å². The number of allylic oxidation sites excluding steroid dienone is 1. The largest absolute Gasteiger partial charge is 0.346 e. The van der Waals surface area contributed by atoms with Crippen molar-refractivity contribution in [1.82, 2.24) is 50.1 Å². The molecule has 178 valence electrons. The minimum atomic E-state index is -0.510. The average Bonchev–Trinajstić information content (AvgIpc) is 3.23. The summed E-state index contributed by atoms with van der Waals surface area (Å²) >= 11 is 3.18. The van der Waals surface area contributed by atoms with E-state index in [-0.39, 0.29) is 22.3 Å². The monoisotopic (exact) mass is 538 g/mol. The van der Waals surface area contributed by atoms with Crippen LogP contribution >= 0.6 is 15.9 Å². The number of fused-ring (bicyclic) bond motifs is 1.